The summed E-state index contributed by atoms with van der Waals surface area (Å²) in [5.41, 5.74) is 24.8. The van der Waals surface area contributed by atoms with Crippen LogP contribution in [0.15, 0.2) is 73.1 Å². The topological polar surface area (TPSA) is 219 Å². The van der Waals surface area contributed by atoms with Gasteiger partial charge in [0.1, 0.15) is 21.5 Å². The fourth-order valence-corrected chi connectivity index (χ4v) is 5.72. The van der Waals surface area contributed by atoms with Crippen molar-refractivity contribution in [3.05, 3.63) is 73.1 Å². The maximum absolute atomic E-state index is 11.2. The van der Waals surface area contributed by atoms with Crippen LogP contribution in [0.5, 0.6) is 0 Å². The summed E-state index contributed by atoms with van der Waals surface area (Å²) in [7, 11) is -3.90. The Labute approximate surface area is 280 Å². The number of aromatic nitrogens is 6. The molecule has 0 aliphatic carbocycles. The summed E-state index contributed by atoms with van der Waals surface area (Å²) in [4.78, 5) is 8.82. The Morgan fingerprint density at radius 3 is 1.67 bits per heavy atom. The molecule has 2 aromatic carbocycles. The standard InChI is InChI=1S/C17H21N5O2S.C15H18N6.CH3F/c1-25(23,24)9-3-2-7-19-15-11-17(18)21-16-10-12(4-5-13(15)16)14-6-8-20-22-14;16-5-1-6-18-13-9-15(17)20-14-8-10(2-3-11(13)14)12-4-7-19-21-12;1-2/h4-6,8,10-11H,2-3,7,9H2,1H3,(H,20,22)(H3,18,19,21);2-4,7-9H,1,5-6,16H2,(H,19,21)(H3,17,18,20);1H3/i;;1D. The zero-order chi connectivity index (χ0) is 35.2. The van der Waals surface area contributed by atoms with E-state index >= 15 is 0 Å². The quantitative estimate of drug-likeness (QED) is 0.0855. The van der Waals surface area contributed by atoms with Crippen molar-refractivity contribution in [1.29, 1.82) is 0 Å². The zero-order valence-corrected chi connectivity index (χ0v) is 27.5. The first-order chi connectivity index (χ1) is 23.6. The number of halogens is 1. The van der Waals surface area contributed by atoms with Gasteiger partial charge in [0.25, 0.3) is 0 Å². The van der Waals surface area contributed by atoms with Crippen LogP contribution in [0.4, 0.5) is 27.4 Å². The first kappa shape index (κ1) is 34.1. The van der Waals surface area contributed by atoms with Crippen LogP contribution in [-0.2, 0) is 9.84 Å². The number of rotatable bonds is 12. The predicted octanol–water partition coefficient (Wildman–Crippen LogP) is 5.00. The third-order valence-corrected chi connectivity index (χ3v) is 8.27. The molecule has 0 spiro atoms. The molecule has 6 rings (SSSR count). The SMILES string of the molecule is CS(=O)(=O)CCCCNc1cc(N)nc2cc(-c3ccn[nH]3)ccc12.NCCCNc1cc(N)nc2cc(-c3ccn[nH]3)ccc12.[2H]CF. The molecular formula is C33H42FN11O2S. The predicted molar refractivity (Wildman–Crippen MR) is 194 cm³/mol. The molecule has 0 atom stereocenters. The van der Waals surface area contributed by atoms with Crippen LogP contribution in [-0.4, -0.2) is 77.6 Å². The minimum Gasteiger partial charge on any atom is -0.384 e. The van der Waals surface area contributed by atoms with E-state index in [1.165, 1.54) is 6.26 Å². The van der Waals surface area contributed by atoms with Crippen molar-refractivity contribution in [3.8, 4) is 22.5 Å². The Morgan fingerprint density at radius 1 is 0.771 bits per heavy atom. The van der Waals surface area contributed by atoms with Gasteiger partial charge in [-0.05, 0) is 50.1 Å². The fraction of sp³-hybridized carbons (Fsp3) is 0.273. The van der Waals surface area contributed by atoms with E-state index in [2.05, 4.69) is 41.0 Å². The molecule has 0 amide bonds. The number of hydrogen-bond acceptors (Lipinski definition) is 11. The molecule has 48 heavy (non-hydrogen) atoms. The average Bonchev–Trinajstić information content (AvgIpc) is 3.80. The second-order valence-corrected chi connectivity index (χ2v) is 13.2. The van der Waals surface area contributed by atoms with Gasteiger partial charge >= 0.3 is 0 Å². The highest BCUT2D eigenvalue weighted by Crippen LogP contribution is 2.29. The van der Waals surface area contributed by atoms with Gasteiger partial charge < -0.3 is 27.8 Å². The number of alkyl halides is 1. The highest BCUT2D eigenvalue weighted by atomic mass is 32.2. The van der Waals surface area contributed by atoms with E-state index in [-0.39, 0.29) is 5.75 Å². The lowest BCUT2D eigenvalue weighted by Crippen LogP contribution is -2.09. The summed E-state index contributed by atoms with van der Waals surface area (Å²) in [6, 6.07) is 19.5. The van der Waals surface area contributed by atoms with E-state index in [0.29, 0.717) is 31.1 Å². The number of anilines is 4. The van der Waals surface area contributed by atoms with Crippen molar-refractivity contribution < 1.29 is 14.2 Å². The van der Waals surface area contributed by atoms with Crippen molar-refractivity contribution >= 4 is 54.7 Å². The molecule has 254 valence electrons. The van der Waals surface area contributed by atoms with E-state index in [4.69, 9.17) is 18.6 Å². The number of nitrogens with one attached hydrogen (secondary N) is 4. The van der Waals surface area contributed by atoms with E-state index in [0.717, 1.165) is 75.1 Å². The molecule has 0 aliphatic rings. The summed E-state index contributed by atoms with van der Waals surface area (Å²) in [6.07, 6.45) is 7.00. The van der Waals surface area contributed by atoms with E-state index in [1.807, 2.05) is 54.6 Å². The molecule has 15 heteroatoms. The number of nitrogens with two attached hydrogens (primary N) is 3. The molecule has 0 fully saturated rings. The van der Waals surface area contributed by atoms with Crippen LogP contribution >= 0.6 is 0 Å². The fourth-order valence-electron chi connectivity index (χ4n) is 5.00. The minimum absolute atomic E-state index is 0.210. The monoisotopic (exact) mass is 676 g/mol. The molecule has 4 aromatic heterocycles. The van der Waals surface area contributed by atoms with Crippen molar-refractivity contribution in [2.45, 2.75) is 19.3 Å². The third-order valence-electron chi connectivity index (χ3n) is 7.24. The highest BCUT2D eigenvalue weighted by molar-refractivity contribution is 7.90. The Kier molecular flexibility index (Phi) is 12.1. The van der Waals surface area contributed by atoms with Gasteiger partial charge in [-0.15, -0.1) is 0 Å². The smallest absolute Gasteiger partial charge is 0.147 e. The number of nitrogens with zero attached hydrogens (tertiary/aromatic N) is 4. The summed E-state index contributed by atoms with van der Waals surface area (Å²) in [6.45, 7) is 2.16. The molecule has 0 bridgehead atoms. The lowest BCUT2D eigenvalue weighted by atomic mass is 10.1. The van der Waals surface area contributed by atoms with E-state index < -0.39 is 17.0 Å². The Morgan fingerprint density at radius 2 is 1.25 bits per heavy atom. The number of nitrogen functional groups attached to an aromatic ring is 2. The van der Waals surface area contributed by atoms with Gasteiger partial charge in [-0.1, -0.05) is 24.3 Å². The van der Waals surface area contributed by atoms with Crippen LogP contribution in [0.2, 0.25) is 0 Å². The van der Waals surface area contributed by atoms with Gasteiger partial charge in [-0.25, -0.2) is 18.4 Å². The molecule has 0 saturated heterocycles. The second-order valence-electron chi connectivity index (χ2n) is 10.9. The molecule has 0 saturated carbocycles. The van der Waals surface area contributed by atoms with Gasteiger partial charge in [0.05, 0.1) is 30.9 Å². The molecule has 10 N–H and O–H groups in total. The van der Waals surface area contributed by atoms with E-state index in [9.17, 15) is 12.8 Å². The first-order valence-corrected chi connectivity index (χ1v) is 17.3. The van der Waals surface area contributed by atoms with Crippen molar-refractivity contribution in [2.75, 3.05) is 60.9 Å². The number of aromatic amines is 2. The van der Waals surface area contributed by atoms with Crippen molar-refractivity contribution in [3.63, 3.8) is 0 Å². The van der Waals surface area contributed by atoms with Gasteiger partial charge in [-0.2, -0.15) is 10.2 Å². The number of pyridine rings is 2. The highest BCUT2D eigenvalue weighted by Gasteiger charge is 2.09. The van der Waals surface area contributed by atoms with Gasteiger partial charge in [0, 0.05) is 82.9 Å². The lowest BCUT2D eigenvalue weighted by Gasteiger charge is -2.11. The molecular weight excluding hydrogens is 634 g/mol. The lowest BCUT2D eigenvalue weighted by molar-refractivity contribution is 0.598. The van der Waals surface area contributed by atoms with Crippen LogP contribution in [0, 0.1) is 0 Å². The Bertz CT molecular complexity index is 2030. The van der Waals surface area contributed by atoms with Gasteiger partial charge in [0.2, 0.25) is 0 Å². The second kappa shape index (κ2) is 17.0. The summed E-state index contributed by atoms with van der Waals surface area (Å²) in [5.74, 6) is 1.15. The number of H-pyrrole nitrogens is 2. The van der Waals surface area contributed by atoms with Crippen LogP contribution < -0.4 is 27.8 Å². The molecule has 4 heterocycles. The van der Waals surface area contributed by atoms with Crippen molar-refractivity contribution in [1.82, 2.24) is 30.4 Å². The van der Waals surface area contributed by atoms with Gasteiger partial charge in [0.15, 0.2) is 0 Å². The Hall–Kier alpha value is -5.28. The number of fused-ring (bicyclic) bond motifs is 2. The Balaban J connectivity index is 0.000000207. The maximum atomic E-state index is 11.2. The maximum Gasteiger partial charge on any atom is 0.147 e. The molecule has 6 aromatic rings. The number of hydrogen-bond donors (Lipinski definition) is 7. The summed E-state index contributed by atoms with van der Waals surface area (Å²) >= 11 is 0. The third kappa shape index (κ3) is 9.86. The number of sulfone groups is 1. The van der Waals surface area contributed by atoms with Gasteiger partial charge in [-0.3, -0.25) is 14.6 Å². The molecule has 0 aliphatic heterocycles. The van der Waals surface area contributed by atoms with Crippen molar-refractivity contribution in [2.24, 2.45) is 5.73 Å². The first-order valence-electron chi connectivity index (χ1n) is 15.9. The molecule has 0 radical (unpaired) electrons. The van der Waals surface area contributed by atoms with Crippen LogP contribution in [0.25, 0.3) is 44.3 Å². The summed E-state index contributed by atoms with van der Waals surface area (Å²) < 4.78 is 37.8. The number of unbranched alkanes of at least 4 members (excludes halogenated alkanes) is 1. The minimum atomic E-state index is -2.90. The summed E-state index contributed by atoms with van der Waals surface area (Å²) in [5, 5.41) is 22.5. The zero-order valence-electron chi connectivity index (χ0n) is 27.7. The normalized spacial score (nSPS) is 11.3. The molecule has 13 nitrogen and oxygen atoms in total. The molecule has 0 unspecified atom stereocenters. The van der Waals surface area contributed by atoms with Crippen LogP contribution in [0.1, 0.15) is 20.6 Å². The number of benzene rings is 2. The van der Waals surface area contributed by atoms with Crippen LogP contribution in [0.3, 0.4) is 0 Å². The van der Waals surface area contributed by atoms with E-state index in [1.54, 1.807) is 18.5 Å². The average molecular weight is 677 g/mol. The largest absolute Gasteiger partial charge is 0.384 e.